The lowest BCUT2D eigenvalue weighted by atomic mass is 9.82. The van der Waals surface area contributed by atoms with Crippen molar-refractivity contribution in [3.63, 3.8) is 0 Å². The Balaban J connectivity index is 1.24. The summed E-state index contributed by atoms with van der Waals surface area (Å²) in [7, 11) is 0. The Labute approximate surface area is 335 Å². The van der Waals surface area contributed by atoms with E-state index in [-0.39, 0.29) is 5.41 Å². The van der Waals surface area contributed by atoms with Crippen molar-refractivity contribution in [3.05, 3.63) is 193 Å². The van der Waals surface area contributed by atoms with E-state index in [1.807, 2.05) is 36.4 Å². The highest BCUT2D eigenvalue weighted by Crippen LogP contribution is 2.51. The number of hydrogen-bond acceptors (Lipinski definition) is 3. The number of rotatable bonds is 4. The normalized spacial score (nSPS) is 13.1. The maximum atomic E-state index is 5.34. The molecule has 0 fully saturated rings. The van der Waals surface area contributed by atoms with Gasteiger partial charge in [0.05, 0.1) is 11.0 Å². The summed E-state index contributed by atoms with van der Waals surface area (Å²) in [5, 5.41) is 9.53. The number of aromatic nitrogens is 4. The second-order valence-corrected chi connectivity index (χ2v) is 16.0. The molecule has 0 spiro atoms. The molecule has 0 saturated heterocycles. The van der Waals surface area contributed by atoms with Crippen molar-refractivity contribution < 1.29 is 0 Å². The van der Waals surface area contributed by atoms with Gasteiger partial charge in [0.25, 0.3) is 0 Å². The van der Waals surface area contributed by atoms with Gasteiger partial charge in [-0.15, -0.1) is 0 Å². The van der Waals surface area contributed by atoms with Gasteiger partial charge in [0.15, 0.2) is 17.5 Å². The SMILES string of the molecule is CC1(C)c2ccccc2-c2cc3c4ccccc4n(-c4cc(-c5nc(-c6ccccc6)nc(-c6ccccc6)n5)c5c6ccccc6c6ccccc6c5c4)c3cc21. The smallest absolute Gasteiger partial charge is 0.164 e. The monoisotopic (exact) mass is 740 g/mol. The van der Waals surface area contributed by atoms with Gasteiger partial charge in [-0.05, 0) is 79.5 Å². The fourth-order valence-electron chi connectivity index (χ4n) is 9.69. The zero-order valence-electron chi connectivity index (χ0n) is 32.1. The minimum atomic E-state index is -0.141. The Morgan fingerprint density at radius 3 is 1.59 bits per heavy atom. The average molecular weight is 741 g/mol. The summed E-state index contributed by atoms with van der Waals surface area (Å²) in [5.41, 5.74) is 11.5. The third-order valence-electron chi connectivity index (χ3n) is 12.4. The summed E-state index contributed by atoms with van der Waals surface area (Å²) >= 11 is 0. The molecule has 272 valence electrons. The zero-order chi connectivity index (χ0) is 38.5. The Kier molecular flexibility index (Phi) is 6.94. The number of para-hydroxylation sites is 1. The van der Waals surface area contributed by atoms with Crippen LogP contribution in [0.3, 0.4) is 0 Å². The van der Waals surface area contributed by atoms with E-state index in [0.29, 0.717) is 17.5 Å². The molecule has 0 unspecified atom stereocenters. The maximum absolute atomic E-state index is 5.34. The molecule has 1 aliphatic rings. The first-order chi connectivity index (χ1) is 28.5. The molecule has 0 saturated carbocycles. The molecule has 0 amide bonds. The number of fused-ring (bicyclic) bond motifs is 12. The van der Waals surface area contributed by atoms with E-state index in [0.717, 1.165) is 38.7 Å². The first kappa shape index (κ1) is 32.8. The van der Waals surface area contributed by atoms with Gasteiger partial charge in [0.2, 0.25) is 0 Å². The van der Waals surface area contributed by atoms with E-state index < -0.39 is 0 Å². The van der Waals surface area contributed by atoms with Crippen LogP contribution in [0.25, 0.3) is 105 Å². The number of nitrogens with zero attached hydrogens (tertiary/aromatic N) is 4. The molecule has 11 aromatic rings. The van der Waals surface area contributed by atoms with Gasteiger partial charge in [-0.3, -0.25) is 0 Å². The average Bonchev–Trinajstić information content (AvgIpc) is 3.73. The van der Waals surface area contributed by atoms with Gasteiger partial charge in [0, 0.05) is 44.0 Å². The van der Waals surface area contributed by atoms with Gasteiger partial charge in [0.1, 0.15) is 0 Å². The predicted octanol–water partition coefficient (Wildman–Crippen LogP) is 13.7. The van der Waals surface area contributed by atoms with Crippen LogP contribution < -0.4 is 0 Å². The quantitative estimate of drug-likeness (QED) is 0.169. The second-order valence-electron chi connectivity index (χ2n) is 16.0. The molecular weight excluding hydrogens is 705 g/mol. The Morgan fingerprint density at radius 1 is 0.362 bits per heavy atom. The standard InChI is InChI=1S/C54H36N4/c1-54(2)46-27-15-13-24-39(46)42-31-43-40-25-14-16-28-48(40)58(49(43)32-47(42)54)35-29-44-38-23-10-9-21-36(38)37-22-11-12-26-41(37)50(44)45(30-35)53-56-51(33-17-5-3-6-18-33)55-52(57-53)34-19-7-4-8-20-34/h3-32H,1-2H3. The molecule has 1 aliphatic carbocycles. The van der Waals surface area contributed by atoms with Crippen molar-refractivity contribution in [1.29, 1.82) is 0 Å². The number of hydrogen-bond donors (Lipinski definition) is 0. The van der Waals surface area contributed by atoms with E-state index in [2.05, 4.69) is 164 Å². The lowest BCUT2D eigenvalue weighted by Gasteiger charge is -2.22. The molecule has 4 nitrogen and oxygen atoms in total. The van der Waals surface area contributed by atoms with Crippen molar-refractivity contribution in [1.82, 2.24) is 19.5 Å². The van der Waals surface area contributed by atoms with Crippen LogP contribution in [0.4, 0.5) is 0 Å². The third-order valence-corrected chi connectivity index (χ3v) is 12.4. The molecule has 0 aliphatic heterocycles. The molecule has 9 aromatic carbocycles. The second kappa shape index (κ2) is 12.3. The lowest BCUT2D eigenvalue weighted by Crippen LogP contribution is -2.15. The third kappa shape index (κ3) is 4.72. The van der Waals surface area contributed by atoms with Crippen LogP contribution in [0, 0.1) is 0 Å². The highest BCUT2D eigenvalue weighted by Gasteiger charge is 2.36. The predicted molar refractivity (Wildman–Crippen MR) is 241 cm³/mol. The van der Waals surface area contributed by atoms with Crippen molar-refractivity contribution in [2.45, 2.75) is 19.3 Å². The van der Waals surface area contributed by atoms with Crippen molar-refractivity contribution >= 4 is 54.1 Å². The number of benzene rings is 9. The van der Waals surface area contributed by atoms with Gasteiger partial charge < -0.3 is 4.57 Å². The molecule has 2 heterocycles. The molecule has 58 heavy (non-hydrogen) atoms. The Bertz CT molecular complexity index is 3410. The maximum Gasteiger partial charge on any atom is 0.164 e. The molecule has 0 N–H and O–H groups in total. The highest BCUT2D eigenvalue weighted by molar-refractivity contribution is 6.28. The first-order valence-corrected chi connectivity index (χ1v) is 20.0. The van der Waals surface area contributed by atoms with Crippen molar-refractivity contribution in [3.8, 4) is 51.0 Å². The van der Waals surface area contributed by atoms with Crippen LogP contribution in [-0.4, -0.2) is 19.5 Å². The molecule has 0 bridgehead atoms. The van der Waals surface area contributed by atoms with Crippen LogP contribution in [0.1, 0.15) is 25.0 Å². The molecule has 0 atom stereocenters. The molecule has 2 aromatic heterocycles. The summed E-state index contributed by atoms with van der Waals surface area (Å²) < 4.78 is 2.47. The fourth-order valence-corrected chi connectivity index (χ4v) is 9.69. The van der Waals surface area contributed by atoms with Crippen LogP contribution >= 0.6 is 0 Å². The van der Waals surface area contributed by atoms with Gasteiger partial charge in [-0.2, -0.15) is 0 Å². The molecule has 12 rings (SSSR count). The van der Waals surface area contributed by atoms with E-state index in [4.69, 9.17) is 15.0 Å². The largest absolute Gasteiger partial charge is 0.309 e. The highest BCUT2D eigenvalue weighted by atomic mass is 15.0. The molecule has 4 heteroatoms. The van der Waals surface area contributed by atoms with Crippen LogP contribution in [0.15, 0.2) is 182 Å². The van der Waals surface area contributed by atoms with Crippen LogP contribution in [0.5, 0.6) is 0 Å². The van der Waals surface area contributed by atoms with E-state index in [9.17, 15) is 0 Å². The van der Waals surface area contributed by atoms with E-state index >= 15 is 0 Å². The summed E-state index contributed by atoms with van der Waals surface area (Å²) in [6.07, 6.45) is 0. The Hall–Kier alpha value is -7.43. The van der Waals surface area contributed by atoms with Crippen molar-refractivity contribution in [2.24, 2.45) is 0 Å². The summed E-state index contributed by atoms with van der Waals surface area (Å²) in [4.78, 5) is 15.8. The van der Waals surface area contributed by atoms with Gasteiger partial charge >= 0.3 is 0 Å². The fraction of sp³-hybridized carbons (Fsp3) is 0.0556. The summed E-state index contributed by atoms with van der Waals surface area (Å²) in [6, 6.07) is 65.4. The van der Waals surface area contributed by atoms with E-state index in [1.54, 1.807) is 0 Å². The van der Waals surface area contributed by atoms with Crippen LogP contribution in [0.2, 0.25) is 0 Å². The van der Waals surface area contributed by atoms with Gasteiger partial charge in [-0.25, -0.2) is 15.0 Å². The minimum Gasteiger partial charge on any atom is -0.309 e. The lowest BCUT2D eigenvalue weighted by molar-refractivity contribution is 0.661. The Morgan fingerprint density at radius 2 is 0.897 bits per heavy atom. The van der Waals surface area contributed by atoms with Gasteiger partial charge in [-0.1, -0.05) is 166 Å². The summed E-state index contributed by atoms with van der Waals surface area (Å²) in [5.74, 6) is 1.92. The van der Waals surface area contributed by atoms with E-state index in [1.165, 1.54) is 60.1 Å². The minimum absolute atomic E-state index is 0.141. The summed E-state index contributed by atoms with van der Waals surface area (Å²) in [6.45, 7) is 4.72. The first-order valence-electron chi connectivity index (χ1n) is 20.0. The van der Waals surface area contributed by atoms with Crippen molar-refractivity contribution in [2.75, 3.05) is 0 Å². The zero-order valence-corrected chi connectivity index (χ0v) is 32.1. The van der Waals surface area contributed by atoms with Crippen LogP contribution in [-0.2, 0) is 5.41 Å². The molecule has 0 radical (unpaired) electrons. The topological polar surface area (TPSA) is 43.6 Å². The molecular formula is C54H36N4.